The first-order chi connectivity index (χ1) is 14.2. The number of hydrogen-bond acceptors (Lipinski definition) is 8. The highest BCUT2D eigenvalue weighted by molar-refractivity contribution is 5.77. The summed E-state index contributed by atoms with van der Waals surface area (Å²) in [5.74, 6) is 1.41. The van der Waals surface area contributed by atoms with Gasteiger partial charge in [0.15, 0.2) is 11.6 Å². The summed E-state index contributed by atoms with van der Waals surface area (Å²) >= 11 is 0. The van der Waals surface area contributed by atoms with Gasteiger partial charge in [-0.2, -0.15) is 0 Å². The van der Waals surface area contributed by atoms with E-state index in [4.69, 9.17) is 10.5 Å². The third-order valence-corrected chi connectivity index (χ3v) is 5.87. The van der Waals surface area contributed by atoms with Crippen LogP contribution in [0.3, 0.4) is 0 Å². The number of piperidine rings is 1. The third kappa shape index (κ3) is 4.06. The smallest absolute Gasteiger partial charge is 0.308 e. The van der Waals surface area contributed by atoms with E-state index in [1.807, 2.05) is 6.07 Å². The lowest BCUT2D eigenvalue weighted by Crippen LogP contribution is -2.47. The zero-order valence-corrected chi connectivity index (χ0v) is 16.8. The van der Waals surface area contributed by atoms with E-state index in [1.54, 1.807) is 6.33 Å². The Hall–Kier alpha value is -3.03. The first kappa shape index (κ1) is 19.3. The lowest BCUT2D eigenvalue weighted by molar-refractivity contribution is -0.146. The molecule has 2 aliphatic heterocycles. The Bertz CT molecular complexity index is 830. The molecule has 0 bridgehead atoms. The molecule has 2 aromatic rings. The molecule has 0 saturated carbocycles. The molecule has 2 fully saturated rings. The maximum absolute atomic E-state index is 11.8. The molecule has 0 spiro atoms. The van der Waals surface area contributed by atoms with Gasteiger partial charge in [0.25, 0.3) is 0 Å². The Balaban J connectivity index is 1.42. The van der Waals surface area contributed by atoms with E-state index in [9.17, 15) is 4.79 Å². The van der Waals surface area contributed by atoms with Crippen molar-refractivity contribution < 1.29 is 9.53 Å². The zero-order chi connectivity index (χ0) is 20.2. The molecule has 0 amide bonds. The van der Waals surface area contributed by atoms with Crippen LogP contribution in [0.2, 0.25) is 0 Å². The van der Waals surface area contributed by atoms with Gasteiger partial charge in [-0.15, -0.1) is 0 Å². The number of rotatable bonds is 4. The van der Waals surface area contributed by atoms with Crippen molar-refractivity contribution >= 4 is 29.0 Å². The van der Waals surface area contributed by atoms with E-state index in [-0.39, 0.29) is 11.9 Å². The number of aromatic nitrogens is 2. The molecular formula is C21H28N6O2. The maximum Gasteiger partial charge on any atom is 0.308 e. The summed E-state index contributed by atoms with van der Waals surface area (Å²) in [4.78, 5) is 27.5. The quantitative estimate of drug-likeness (QED) is 0.783. The Morgan fingerprint density at radius 1 is 0.931 bits per heavy atom. The Morgan fingerprint density at radius 2 is 1.48 bits per heavy atom. The van der Waals surface area contributed by atoms with Crippen LogP contribution in [0.5, 0.6) is 0 Å². The number of benzene rings is 1. The highest BCUT2D eigenvalue weighted by Crippen LogP contribution is 2.32. The molecule has 0 atom stereocenters. The van der Waals surface area contributed by atoms with Gasteiger partial charge in [-0.25, -0.2) is 9.97 Å². The van der Waals surface area contributed by atoms with E-state index in [1.165, 1.54) is 12.8 Å². The third-order valence-electron chi connectivity index (χ3n) is 5.87. The van der Waals surface area contributed by atoms with Crippen LogP contribution >= 0.6 is 0 Å². The molecule has 4 rings (SSSR count). The average Bonchev–Trinajstić information content (AvgIpc) is 2.79. The Morgan fingerprint density at radius 3 is 2.07 bits per heavy atom. The van der Waals surface area contributed by atoms with Crippen LogP contribution in [0.25, 0.3) is 0 Å². The number of anilines is 4. The highest BCUT2D eigenvalue weighted by atomic mass is 16.5. The number of ether oxygens (including phenoxy) is 1. The van der Waals surface area contributed by atoms with Crippen LogP contribution in [-0.2, 0) is 9.53 Å². The van der Waals surface area contributed by atoms with Crippen LogP contribution in [0.15, 0.2) is 36.7 Å². The predicted octanol–water partition coefficient (Wildman–Crippen LogP) is 1.77. The van der Waals surface area contributed by atoms with Gasteiger partial charge in [-0.1, -0.05) is 18.2 Å². The number of carbonyl (C=O) groups excluding carboxylic acids is 1. The molecule has 154 valence electrons. The summed E-state index contributed by atoms with van der Waals surface area (Å²) in [7, 11) is 1.45. The molecule has 2 saturated heterocycles. The Kier molecular flexibility index (Phi) is 5.69. The van der Waals surface area contributed by atoms with Gasteiger partial charge in [0.2, 0.25) is 0 Å². The van der Waals surface area contributed by atoms with Crippen molar-refractivity contribution in [1.29, 1.82) is 0 Å². The Labute approximate surface area is 171 Å². The number of carbonyl (C=O) groups is 1. The summed E-state index contributed by atoms with van der Waals surface area (Å²) in [6, 6.07) is 10.5. The van der Waals surface area contributed by atoms with Gasteiger partial charge in [0, 0.05) is 45.0 Å². The molecule has 2 N–H and O–H groups in total. The first-order valence-corrected chi connectivity index (χ1v) is 10.2. The average molecular weight is 396 g/mol. The van der Waals surface area contributed by atoms with Crippen LogP contribution in [0.1, 0.15) is 12.8 Å². The largest absolute Gasteiger partial charge is 0.469 e. The minimum atomic E-state index is -0.128. The summed E-state index contributed by atoms with van der Waals surface area (Å²) in [6.45, 7) is 5.05. The lowest BCUT2D eigenvalue weighted by Gasteiger charge is -2.38. The van der Waals surface area contributed by atoms with E-state index in [0.29, 0.717) is 5.69 Å². The number of para-hydroxylation sites is 1. The van der Waals surface area contributed by atoms with Crippen molar-refractivity contribution in [3.63, 3.8) is 0 Å². The fourth-order valence-corrected chi connectivity index (χ4v) is 4.19. The molecule has 3 heterocycles. The van der Waals surface area contributed by atoms with Crippen molar-refractivity contribution in [1.82, 2.24) is 9.97 Å². The number of hydrogen-bond donors (Lipinski definition) is 1. The molecule has 1 aromatic carbocycles. The lowest BCUT2D eigenvalue weighted by atomic mass is 9.97. The number of methoxy groups -OCH3 is 1. The number of esters is 1. The van der Waals surface area contributed by atoms with E-state index >= 15 is 0 Å². The zero-order valence-electron chi connectivity index (χ0n) is 16.8. The van der Waals surface area contributed by atoms with Crippen molar-refractivity contribution in [3.8, 4) is 0 Å². The molecule has 29 heavy (non-hydrogen) atoms. The van der Waals surface area contributed by atoms with Crippen LogP contribution in [0.4, 0.5) is 23.0 Å². The fraction of sp³-hybridized carbons (Fsp3) is 0.476. The highest BCUT2D eigenvalue weighted by Gasteiger charge is 2.28. The summed E-state index contributed by atoms with van der Waals surface area (Å²) in [5, 5.41) is 0. The van der Waals surface area contributed by atoms with Gasteiger partial charge in [-0.3, -0.25) is 4.79 Å². The SMILES string of the molecule is COC(=O)C1CCN(c2ncnc(N3CCN(c4ccccc4)CC3)c2N)CC1. The first-order valence-electron chi connectivity index (χ1n) is 10.2. The molecule has 0 radical (unpaired) electrons. The van der Waals surface area contributed by atoms with Gasteiger partial charge >= 0.3 is 5.97 Å². The van der Waals surface area contributed by atoms with Crippen molar-refractivity contribution in [2.75, 3.05) is 66.8 Å². The molecule has 0 unspecified atom stereocenters. The summed E-state index contributed by atoms with van der Waals surface area (Å²) in [6.07, 6.45) is 3.10. The summed E-state index contributed by atoms with van der Waals surface area (Å²) in [5.41, 5.74) is 8.37. The van der Waals surface area contributed by atoms with Crippen molar-refractivity contribution in [3.05, 3.63) is 36.7 Å². The van der Waals surface area contributed by atoms with Crippen LogP contribution in [-0.4, -0.2) is 62.3 Å². The minimum Gasteiger partial charge on any atom is -0.469 e. The standard InChI is InChI=1S/C21H28N6O2/c1-29-21(28)16-7-9-26(10-8-16)19-18(22)20(24-15-23-19)27-13-11-25(12-14-27)17-5-3-2-4-6-17/h2-6,15-16H,7-14,22H2,1H3. The van der Waals surface area contributed by atoms with Gasteiger partial charge < -0.3 is 25.2 Å². The van der Waals surface area contributed by atoms with E-state index in [0.717, 1.165) is 63.7 Å². The topological polar surface area (TPSA) is 87.8 Å². The number of piperazine rings is 1. The molecule has 8 heteroatoms. The number of nitrogens with zero attached hydrogens (tertiary/aromatic N) is 5. The second kappa shape index (κ2) is 8.55. The van der Waals surface area contributed by atoms with Crippen LogP contribution < -0.4 is 20.4 Å². The second-order valence-corrected chi connectivity index (χ2v) is 7.53. The molecule has 0 aliphatic carbocycles. The molecular weight excluding hydrogens is 368 g/mol. The van der Waals surface area contributed by atoms with Crippen molar-refractivity contribution in [2.24, 2.45) is 5.92 Å². The molecule has 1 aromatic heterocycles. The second-order valence-electron chi connectivity index (χ2n) is 7.53. The van der Waals surface area contributed by atoms with Crippen molar-refractivity contribution in [2.45, 2.75) is 12.8 Å². The summed E-state index contributed by atoms with van der Waals surface area (Å²) < 4.78 is 4.88. The molecule has 8 nitrogen and oxygen atoms in total. The normalized spacial score (nSPS) is 18.0. The van der Waals surface area contributed by atoms with Gasteiger partial charge in [0.05, 0.1) is 13.0 Å². The van der Waals surface area contributed by atoms with Gasteiger partial charge in [-0.05, 0) is 25.0 Å². The van der Waals surface area contributed by atoms with E-state index in [2.05, 4.69) is 48.9 Å². The predicted molar refractivity (Wildman–Crippen MR) is 114 cm³/mol. The van der Waals surface area contributed by atoms with Gasteiger partial charge in [0.1, 0.15) is 12.0 Å². The monoisotopic (exact) mass is 396 g/mol. The fourth-order valence-electron chi connectivity index (χ4n) is 4.19. The van der Waals surface area contributed by atoms with Crippen LogP contribution in [0, 0.1) is 5.92 Å². The molecule has 2 aliphatic rings. The minimum absolute atomic E-state index is 0.0372. The van der Waals surface area contributed by atoms with E-state index < -0.39 is 0 Å². The number of nitrogens with two attached hydrogens (primary N) is 1. The number of nitrogen functional groups attached to an aromatic ring is 1. The maximum atomic E-state index is 11.8.